The number of carbonyl (C=O) groups excluding carboxylic acids is 6. The maximum Gasteiger partial charge on any atom is 0.409 e. The maximum atomic E-state index is 14.2. The highest BCUT2D eigenvalue weighted by molar-refractivity contribution is 6.34. The third kappa shape index (κ3) is 13.4. The first-order valence-corrected chi connectivity index (χ1v) is 21.2. The number of esters is 1. The topological polar surface area (TPSA) is 264 Å². The third-order valence-electron chi connectivity index (χ3n) is 11.7. The van der Waals surface area contributed by atoms with Gasteiger partial charge in [0, 0.05) is 40.1 Å². The Morgan fingerprint density at radius 2 is 1.83 bits per heavy atom. The van der Waals surface area contributed by atoms with Crippen molar-refractivity contribution in [3.63, 3.8) is 0 Å². The van der Waals surface area contributed by atoms with E-state index in [1.807, 2.05) is 32.1 Å². The number of likely N-dealkylation sites (N-methyl/N-ethyl adjacent to an activating group) is 1. The van der Waals surface area contributed by atoms with Crippen LogP contribution in [0.2, 0.25) is 5.02 Å². The SMILES string of the molecule is CO[C@@H]1/C=C/C=C(\C)Cc2cc(C)c(Cl)c(c2)N(C)C(=O)C[C@H](OC(=O)[C@H](C)N(C)C(=O)CCOCCOCCNC(=O)[C@@H](N)CC(N)=O)C2(C)OC2[C@H](C)[C@@H]2C[C@@]1(O)NC(=O)O2. The number of aliphatic hydroxyl groups is 1. The lowest BCUT2D eigenvalue weighted by Crippen LogP contribution is -2.63. The van der Waals surface area contributed by atoms with Crippen LogP contribution in [0.5, 0.6) is 0 Å². The molecule has 19 nitrogen and oxygen atoms in total. The number of primary amides is 1. The van der Waals surface area contributed by atoms with Gasteiger partial charge in [-0.3, -0.25) is 24.5 Å². The van der Waals surface area contributed by atoms with Crippen molar-refractivity contribution in [3.05, 3.63) is 52.1 Å². The number of halogens is 1. The van der Waals surface area contributed by atoms with Crippen LogP contribution < -0.4 is 27.0 Å². The number of nitrogens with zero attached hydrogens (tertiary/aromatic N) is 2. The van der Waals surface area contributed by atoms with E-state index in [1.54, 1.807) is 33.0 Å². The molecule has 2 saturated heterocycles. The summed E-state index contributed by atoms with van der Waals surface area (Å²) in [4.78, 5) is 79.5. The van der Waals surface area contributed by atoms with E-state index in [4.69, 9.17) is 51.5 Å². The molecule has 9 atom stereocenters. The van der Waals surface area contributed by atoms with E-state index in [0.29, 0.717) is 17.1 Å². The molecule has 63 heavy (non-hydrogen) atoms. The average molecular weight is 907 g/mol. The highest BCUT2D eigenvalue weighted by Crippen LogP contribution is 2.49. The summed E-state index contributed by atoms with van der Waals surface area (Å²) in [6, 6.07) is 1.64. The number of methoxy groups -OCH3 is 1. The number of amides is 5. The van der Waals surface area contributed by atoms with Crippen molar-refractivity contribution in [2.24, 2.45) is 17.4 Å². The standard InChI is InChI=1S/C43H63ClN6O13/c1-24-10-9-11-32(58-8)43(57)23-31(61-41(56)48-43)26(3)38-42(5,63-38)33(22-36(53)50(7)30-20-28(18-24)19-25(2)37(30)44)62-40(55)27(4)49(6)35(52)12-14-59-16-17-60-15-13-47-39(54)29(45)21-34(46)51/h9-11,19-20,26-27,29,31-33,38,57H,12-18,21-23,45H2,1-8H3,(H2,46,51)(H,47,54)(H,48,56)/b11-9+,24-10+/t26-,27+,29+,31+,32-,33+,38?,42?,43+/m1/s1. The van der Waals surface area contributed by atoms with Crippen LogP contribution in [0.15, 0.2) is 35.9 Å². The number of aryl methyl sites for hydroxylation is 1. The second-order valence-corrected chi connectivity index (χ2v) is 16.9. The normalized spacial score (nSPS) is 28.5. The van der Waals surface area contributed by atoms with Crippen LogP contribution in [-0.2, 0) is 58.8 Å². The Morgan fingerprint density at radius 1 is 1.14 bits per heavy atom. The molecular weight excluding hydrogens is 844 g/mol. The van der Waals surface area contributed by atoms with E-state index >= 15 is 0 Å². The van der Waals surface area contributed by atoms with Gasteiger partial charge in [-0.05, 0) is 51.3 Å². The summed E-state index contributed by atoms with van der Waals surface area (Å²) in [5.74, 6) is -3.40. The van der Waals surface area contributed by atoms with Crippen molar-refractivity contribution in [2.45, 2.75) is 115 Å². The van der Waals surface area contributed by atoms with Crippen molar-refractivity contribution in [2.75, 3.05) is 59.1 Å². The molecule has 3 aliphatic heterocycles. The first-order valence-electron chi connectivity index (χ1n) is 20.9. The monoisotopic (exact) mass is 906 g/mol. The number of benzene rings is 1. The van der Waals surface area contributed by atoms with Crippen molar-refractivity contribution in [1.82, 2.24) is 15.5 Å². The third-order valence-corrected chi connectivity index (χ3v) is 12.1. The lowest BCUT2D eigenvalue weighted by molar-refractivity contribution is -0.162. The molecule has 1 aromatic rings. The van der Waals surface area contributed by atoms with Crippen LogP contribution in [0.4, 0.5) is 10.5 Å². The van der Waals surface area contributed by atoms with Crippen LogP contribution in [-0.4, -0.2) is 148 Å². The van der Waals surface area contributed by atoms with Gasteiger partial charge in [0.25, 0.3) is 0 Å². The minimum atomic E-state index is -1.85. The van der Waals surface area contributed by atoms with E-state index in [9.17, 15) is 33.9 Å². The van der Waals surface area contributed by atoms with Gasteiger partial charge in [-0.25, -0.2) is 9.59 Å². The Labute approximate surface area is 373 Å². The molecule has 2 unspecified atom stereocenters. The fourth-order valence-electron chi connectivity index (χ4n) is 7.60. The number of nitrogens with two attached hydrogens (primary N) is 2. The molecule has 350 valence electrons. The van der Waals surface area contributed by atoms with Gasteiger partial charge in [-0.15, -0.1) is 0 Å². The zero-order chi connectivity index (χ0) is 46.8. The van der Waals surface area contributed by atoms with Crippen LogP contribution in [0.3, 0.4) is 0 Å². The quantitative estimate of drug-likeness (QED) is 0.0896. The van der Waals surface area contributed by atoms with Gasteiger partial charge in [0.1, 0.15) is 30.0 Å². The number of nitrogens with one attached hydrogen (secondary N) is 2. The smallest absolute Gasteiger partial charge is 0.409 e. The van der Waals surface area contributed by atoms with E-state index < -0.39 is 89.4 Å². The van der Waals surface area contributed by atoms with Crippen LogP contribution in [0.1, 0.15) is 64.5 Å². The second kappa shape index (κ2) is 22.3. The summed E-state index contributed by atoms with van der Waals surface area (Å²) in [6.45, 7) is 9.42. The first-order chi connectivity index (χ1) is 29.6. The molecule has 4 bridgehead atoms. The molecule has 7 N–H and O–H groups in total. The number of carbonyl (C=O) groups is 6. The zero-order valence-electron chi connectivity index (χ0n) is 37.3. The molecule has 4 rings (SSSR count). The Morgan fingerprint density at radius 3 is 2.49 bits per heavy atom. The molecule has 0 radical (unpaired) electrons. The lowest BCUT2D eigenvalue weighted by Gasteiger charge is -2.42. The number of alkyl carbamates (subject to hydrolysis) is 1. The molecule has 5 amide bonds. The molecular formula is C43H63ClN6O13. The summed E-state index contributed by atoms with van der Waals surface area (Å²) in [5.41, 5.74) is 10.6. The summed E-state index contributed by atoms with van der Waals surface area (Å²) in [5, 5.41) is 17.2. The molecule has 0 aromatic heterocycles. The first kappa shape index (κ1) is 51.0. The van der Waals surface area contributed by atoms with Gasteiger partial charge in [0.05, 0.1) is 68.5 Å². The Bertz CT molecular complexity index is 1920. The molecule has 3 aliphatic rings. The average Bonchev–Trinajstić information content (AvgIpc) is 3.92. The van der Waals surface area contributed by atoms with Gasteiger partial charge in [0.15, 0.2) is 5.72 Å². The molecule has 2 fully saturated rings. The highest BCUT2D eigenvalue weighted by Gasteiger charge is 2.64. The summed E-state index contributed by atoms with van der Waals surface area (Å²) in [7, 11) is 4.47. The van der Waals surface area contributed by atoms with Crippen molar-refractivity contribution in [3.8, 4) is 0 Å². The van der Waals surface area contributed by atoms with Gasteiger partial charge in [-0.2, -0.15) is 0 Å². The number of epoxide rings is 1. The largest absolute Gasteiger partial charge is 0.457 e. The van der Waals surface area contributed by atoms with Crippen LogP contribution in [0.25, 0.3) is 0 Å². The second-order valence-electron chi connectivity index (χ2n) is 16.6. The molecule has 20 heteroatoms. The van der Waals surface area contributed by atoms with E-state index in [-0.39, 0.29) is 58.7 Å². The van der Waals surface area contributed by atoms with Crippen LogP contribution >= 0.6 is 11.6 Å². The van der Waals surface area contributed by atoms with E-state index in [2.05, 4.69) is 10.6 Å². The van der Waals surface area contributed by atoms with Crippen LogP contribution in [0, 0.1) is 12.8 Å². The summed E-state index contributed by atoms with van der Waals surface area (Å²) in [6.07, 6.45) is 0.468. The van der Waals surface area contributed by atoms with Gasteiger partial charge in [0.2, 0.25) is 23.6 Å². The predicted octanol–water partition coefficient (Wildman–Crippen LogP) is 1.56. The molecule has 3 heterocycles. The van der Waals surface area contributed by atoms with Crippen molar-refractivity contribution < 1.29 is 62.3 Å². The van der Waals surface area contributed by atoms with Crippen molar-refractivity contribution >= 4 is 53.0 Å². The van der Waals surface area contributed by atoms with E-state index in [1.165, 1.54) is 30.9 Å². The number of rotatable bonds is 16. The fourth-order valence-corrected chi connectivity index (χ4v) is 7.84. The molecule has 0 saturated carbocycles. The molecule has 0 spiro atoms. The molecule has 1 aromatic carbocycles. The summed E-state index contributed by atoms with van der Waals surface area (Å²) >= 11 is 6.79. The Balaban J connectivity index is 1.46. The van der Waals surface area contributed by atoms with Gasteiger partial charge in [-0.1, -0.05) is 48.4 Å². The fraction of sp³-hybridized carbons (Fsp3) is 0.628. The molecule has 0 aliphatic carbocycles. The minimum absolute atomic E-state index is 0.0266. The highest BCUT2D eigenvalue weighted by atomic mass is 35.5. The zero-order valence-corrected chi connectivity index (χ0v) is 38.0. The minimum Gasteiger partial charge on any atom is -0.457 e. The van der Waals surface area contributed by atoms with E-state index in [0.717, 1.165) is 16.7 Å². The predicted molar refractivity (Wildman–Crippen MR) is 230 cm³/mol. The van der Waals surface area contributed by atoms with Gasteiger partial charge < -0.3 is 60.1 Å². The number of anilines is 1. The number of hydrogen-bond acceptors (Lipinski definition) is 14. The Kier molecular flexibility index (Phi) is 18.1. The lowest BCUT2D eigenvalue weighted by atomic mass is 9.83. The Hall–Kier alpha value is -4.63. The number of fused-ring (bicyclic) bond motifs is 5. The summed E-state index contributed by atoms with van der Waals surface area (Å²) < 4.78 is 34.6. The number of allylic oxidation sites excluding steroid dienone is 3. The number of ether oxygens (including phenoxy) is 6. The van der Waals surface area contributed by atoms with Gasteiger partial charge >= 0.3 is 12.1 Å². The maximum absolute atomic E-state index is 14.2. The van der Waals surface area contributed by atoms with Crippen molar-refractivity contribution in [1.29, 1.82) is 0 Å². The number of hydrogen-bond donors (Lipinski definition) is 5.